The van der Waals surface area contributed by atoms with Crippen LogP contribution in [-0.4, -0.2) is 6.54 Å². The van der Waals surface area contributed by atoms with Gasteiger partial charge in [-0.05, 0) is 53.2 Å². The number of hydrogen-bond acceptors (Lipinski definition) is 2. The SMILES string of the molecule is CCNC(Cc1cccc2ccccc12)c1sccc1C. The lowest BCUT2D eigenvalue weighted by molar-refractivity contribution is 0.557. The van der Waals surface area contributed by atoms with Crippen LogP contribution in [0.4, 0.5) is 0 Å². The molecular weight excluding hydrogens is 274 g/mol. The molecule has 0 radical (unpaired) electrons. The van der Waals surface area contributed by atoms with Crippen LogP contribution in [0.2, 0.25) is 0 Å². The summed E-state index contributed by atoms with van der Waals surface area (Å²) in [5.41, 5.74) is 2.82. The van der Waals surface area contributed by atoms with Gasteiger partial charge in [0.25, 0.3) is 0 Å². The fraction of sp³-hybridized carbons (Fsp3) is 0.263. The van der Waals surface area contributed by atoms with Crippen LogP contribution in [0, 0.1) is 6.92 Å². The van der Waals surface area contributed by atoms with E-state index in [0.29, 0.717) is 6.04 Å². The molecule has 3 aromatic rings. The zero-order valence-electron chi connectivity index (χ0n) is 12.6. The van der Waals surface area contributed by atoms with Crippen molar-refractivity contribution in [1.29, 1.82) is 0 Å². The molecule has 0 aliphatic rings. The van der Waals surface area contributed by atoms with E-state index in [1.807, 2.05) is 11.3 Å². The van der Waals surface area contributed by atoms with Crippen molar-refractivity contribution in [1.82, 2.24) is 5.32 Å². The Morgan fingerprint density at radius 2 is 1.86 bits per heavy atom. The van der Waals surface area contributed by atoms with Gasteiger partial charge >= 0.3 is 0 Å². The smallest absolute Gasteiger partial charge is 0.0458 e. The first kappa shape index (κ1) is 14.3. The van der Waals surface area contributed by atoms with Gasteiger partial charge in [0.15, 0.2) is 0 Å². The van der Waals surface area contributed by atoms with Gasteiger partial charge in [-0.25, -0.2) is 0 Å². The van der Waals surface area contributed by atoms with Crippen LogP contribution in [0.3, 0.4) is 0 Å². The molecule has 3 rings (SSSR count). The molecule has 0 fully saturated rings. The Kier molecular flexibility index (Phi) is 4.37. The first-order chi connectivity index (χ1) is 10.3. The third-order valence-electron chi connectivity index (χ3n) is 3.97. The fourth-order valence-electron chi connectivity index (χ4n) is 2.94. The highest BCUT2D eigenvalue weighted by Crippen LogP contribution is 2.29. The molecule has 2 heteroatoms. The van der Waals surface area contributed by atoms with Crippen molar-refractivity contribution in [3.05, 3.63) is 69.9 Å². The summed E-state index contributed by atoms with van der Waals surface area (Å²) >= 11 is 1.86. The van der Waals surface area contributed by atoms with E-state index in [-0.39, 0.29) is 0 Å². The average molecular weight is 295 g/mol. The van der Waals surface area contributed by atoms with Crippen LogP contribution >= 0.6 is 11.3 Å². The van der Waals surface area contributed by atoms with E-state index < -0.39 is 0 Å². The predicted molar refractivity (Wildman–Crippen MR) is 93.1 cm³/mol. The van der Waals surface area contributed by atoms with Crippen LogP contribution in [0.25, 0.3) is 10.8 Å². The van der Waals surface area contributed by atoms with Crippen molar-refractivity contribution in [3.63, 3.8) is 0 Å². The Morgan fingerprint density at radius 1 is 1.05 bits per heavy atom. The maximum Gasteiger partial charge on any atom is 0.0458 e. The van der Waals surface area contributed by atoms with E-state index in [0.717, 1.165) is 13.0 Å². The van der Waals surface area contributed by atoms with Gasteiger partial charge in [-0.3, -0.25) is 0 Å². The Morgan fingerprint density at radius 3 is 2.62 bits per heavy atom. The number of aryl methyl sites for hydroxylation is 1. The lowest BCUT2D eigenvalue weighted by Gasteiger charge is -2.19. The summed E-state index contributed by atoms with van der Waals surface area (Å²) in [6.07, 6.45) is 1.04. The lowest BCUT2D eigenvalue weighted by Crippen LogP contribution is -2.22. The Bertz CT molecular complexity index is 724. The summed E-state index contributed by atoms with van der Waals surface area (Å²) in [6.45, 7) is 5.38. The van der Waals surface area contributed by atoms with Crippen LogP contribution in [0.15, 0.2) is 53.9 Å². The molecule has 1 aromatic heterocycles. The molecule has 1 nitrogen and oxygen atoms in total. The normalized spacial score (nSPS) is 12.7. The molecule has 0 saturated carbocycles. The minimum atomic E-state index is 0.404. The summed E-state index contributed by atoms with van der Waals surface area (Å²) in [7, 11) is 0. The van der Waals surface area contributed by atoms with E-state index in [2.05, 4.69) is 73.1 Å². The largest absolute Gasteiger partial charge is 0.309 e. The molecule has 1 unspecified atom stereocenters. The Hall–Kier alpha value is -1.64. The second kappa shape index (κ2) is 6.42. The highest BCUT2D eigenvalue weighted by atomic mass is 32.1. The molecule has 0 aliphatic heterocycles. The molecule has 0 amide bonds. The summed E-state index contributed by atoms with van der Waals surface area (Å²) in [5.74, 6) is 0. The maximum absolute atomic E-state index is 3.65. The molecule has 0 spiro atoms. The lowest BCUT2D eigenvalue weighted by atomic mass is 9.97. The third kappa shape index (κ3) is 3.02. The Labute approximate surface area is 130 Å². The van der Waals surface area contributed by atoms with Crippen molar-refractivity contribution in [2.45, 2.75) is 26.3 Å². The summed E-state index contributed by atoms with van der Waals surface area (Å²) in [4.78, 5) is 1.46. The molecule has 1 N–H and O–H groups in total. The minimum Gasteiger partial charge on any atom is -0.309 e. The molecule has 21 heavy (non-hydrogen) atoms. The standard InChI is InChI=1S/C19H21NS/c1-3-20-18(19-14(2)11-12-21-19)13-16-9-6-8-15-7-4-5-10-17(15)16/h4-12,18,20H,3,13H2,1-2H3. The summed E-state index contributed by atoms with van der Waals surface area (Å²) in [5, 5.41) is 8.54. The topological polar surface area (TPSA) is 12.0 Å². The van der Waals surface area contributed by atoms with Crippen molar-refractivity contribution in [2.24, 2.45) is 0 Å². The van der Waals surface area contributed by atoms with Gasteiger partial charge in [0.05, 0.1) is 0 Å². The molecule has 0 bridgehead atoms. The van der Waals surface area contributed by atoms with Crippen LogP contribution in [0.1, 0.15) is 29.0 Å². The zero-order valence-corrected chi connectivity index (χ0v) is 13.4. The van der Waals surface area contributed by atoms with Crippen molar-refractivity contribution in [2.75, 3.05) is 6.54 Å². The molecular formula is C19H21NS. The number of benzene rings is 2. The molecule has 1 heterocycles. The molecule has 108 valence electrons. The van der Waals surface area contributed by atoms with Gasteiger partial charge < -0.3 is 5.32 Å². The first-order valence-corrected chi connectivity index (χ1v) is 8.41. The highest BCUT2D eigenvalue weighted by molar-refractivity contribution is 7.10. The van der Waals surface area contributed by atoms with Gasteiger partial charge in [-0.2, -0.15) is 0 Å². The minimum absolute atomic E-state index is 0.404. The zero-order chi connectivity index (χ0) is 14.7. The van der Waals surface area contributed by atoms with E-state index in [1.165, 1.54) is 26.8 Å². The third-order valence-corrected chi connectivity index (χ3v) is 5.11. The van der Waals surface area contributed by atoms with E-state index in [1.54, 1.807) is 0 Å². The number of fused-ring (bicyclic) bond motifs is 1. The number of hydrogen-bond donors (Lipinski definition) is 1. The van der Waals surface area contributed by atoms with Gasteiger partial charge in [0.2, 0.25) is 0 Å². The van der Waals surface area contributed by atoms with Gasteiger partial charge in [-0.1, -0.05) is 49.4 Å². The monoisotopic (exact) mass is 295 g/mol. The predicted octanol–water partition coefficient (Wildman–Crippen LogP) is 5.10. The summed E-state index contributed by atoms with van der Waals surface area (Å²) in [6, 6.07) is 17.9. The van der Waals surface area contributed by atoms with Gasteiger partial charge in [0, 0.05) is 10.9 Å². The number of thiophene rings is 1. The second-order valence-electron chi connectivity index (χ2n) is 5.42. The van der Waals surface area contributed by atoms with Crippen molar-refractivity contribution < 1.29 is 0 Å². The van der Waals surface area contributed by atoms with Crippen LogP contribution in [0.5, 0.6) is 0 Å². The van der Waals surface area contributed by atoms with Crippen molar-refractivity contribution >= 4 is 22.1 Å². The Balaban J connectivity index is 1.97. The van der Waals surface area contributed by atoms with Crippen molar-refractivity contribution in [3.8, 4) is 0 Å². The quantitative estimate of drug-likeness (QED) is 0.690. The summed E-state index contributed by atoms with van der Waals surface area (Å²) < 4.78 is 0. The molecule has 1 atom stereocenters. The number of nitrogens with one attached hydrogen (secondary N) is 1. The van der Waals surface area contributed by atoms with Gasteiger partial charge in [-0.15, -0.1) is 11.3 Å². The van der Waals surface area contributed by atoms with Crippen LogP contribution in [-0.2, 0) is 6.42 Å². The maximum atomic E-state index is 3.65. The number of likely N-dealkylation sites (N-methyl/N-ethyl adjacent to an activating group) is 1. The van der Waals surface area contributed by atoms with Gasteiger partial charge in [0.1, 0.15) is 0 Å². The first-order valence-electron chi connectivity index (χ1n) is 7.53. The molecule has 0 aliphatic carbocycles. The van der Waals surface area contributed by atoms with E-state index in [4.69, 9.17) is 0 Å². The molecule has 2 aromatic carbocycles. The fourth-order valence-corrected chi connectivity index (χ4v) is 3.94. The van der Waals surface area contributed by atoms with E-state index >= 15 is 0 Å². The average Bonchev–Trinajstić information content (AvgIpc) is 2.93. The number of rotatable bonds is 5. The molecule has 0 saturated heterocycles. The van der Waals surface area contributed by atoms with E-state index in [9.17, 15) is 0 Å². The second-order valence-corrected chi connectivity index (χ2v) is 6.37. The highest BCUT2D eigenvalue weighted by Gasteiger charge is 2.15. The van der Waals surface area contributed by atoms with Crippen LogP contribution < -0.4 is 5.32 Å².